The highest BCUT2D eigenvalue weighted by atomic mass is 16.3. The molecule has 0 saturated carbocycles. The van der Waals surface area contributed by atoms with Gasteiger partial charge < -0.3 is 10.4 Å². The fourth-order valence-electron chi connectivity index (χ4n) is 2.38. The predicted octanol–water partition coefficient (Wildman–Crippen LogP) is 4.17. The summed E-state index contributed by atoms with van der Waals surface area (Å²) in [6, 6.07) is 18.5. The molecule has 0 heterocycles. The van der Waals surface area contributed by atoms with Crippen LogP contribution in [-0.2, 0) is 0 Å². The van der Waals surface area contributed by atoms with E-state index >= 15 is 0 Å². The van der Waals surface area contributed by atoms with E-state index in [0.717, 1.165) is 12.1 Å². The SMILES string of the molecule is CCCCCNCC(O)c1ccc(-c2ccccc2)cc1. The van der Waals surface area contributed by atoms with Gasteiger partial charge in [0.1, 0.15) is 0 Å². The topological polar surface area (TPSA) is 32.3 Å². The Balaban J connectivity index is 1.87. The van der Waals surface area contributed by atoms with Crippen molar-refractivity contribution in [1.29, 1.82) is 0 Å². The Hall–Kier alpha value is -1.64. The molecule has 2 N–H and O–H groups in total. The molecule has 0 fully saturated rings. The van der Waals surface area contributed by atoms with Gasteiger partial charge in [-0.2, -0.15) is 0 Å². The summed E-state index contributed by atoms with van der Waals surface area (Å²) in [5.74, 6) is 0. The van der Waals surface area contributed by atoms with Crippen LogP contribution in [0.5, 0.6) is 0 Å². The summed E-state index contributed by atoms with van der Waals surface area (Å²) < 4.78 is 0. The molecule has 1 atom stereocenters. The second kappa shape index (κ2) is 8.60. The molecule has 2 heteroatoms. The number of hydrogen-bond acceptors (Lipinski definition) is 2. The molecular formula is C19H25NO. The fraction of sp³-hybridized carbons (Fsp3) is 0.368. The molecule has 2 aromatic carbocycles. The molecule has 2 rings (SSSR count). The molecule has 0 aliphatic heterocycles. The van der Waals surface area contributed by atoms with E-state index in [1.807, 2.05) is 30.3 Å². The molecule has 0 amide bonds. The van der Waals surface area contributed by atoms with Crippen molar-refractivity contribution in [3.8, 4) is 11.1 Å². The minimum atomic E-state index is -0.434. The summed E-state index contributed by atoms with van der Waals surface area (Å²) in [4.78, 5) is 0. The Kier molecular flexibility index (Phi) is 6.45. The van der Waals surface area contributed by atoms with Gasteiger partial charge in [0.05, 0.1) is 6.10 Å². The minimum Gasteiger partial charge on any atom is -0.387 e. The quantitative estimate of drug-likeness (QED) is 0.713. The Morgan fingerprint density at radius 2 is 1.57 bits per heavy atom. The first-order chi connectivity index (χ1) is 10.3. The van der Waals surface area contributed by atoms with Gasteiger partial charge in [-0.3, -0.25) is 0 Å². The molecule has 0 aliphatic carbocycles. The van der Waals surface area contributed by atoms with Crippen molar-refractivity contribution in [1.82, 2.24) is 5.32 Å². The Morgan fingerprint density at radius 1 is 0.905 bits per heavy atom. The average Bonchev–Trinajstić information content (AvgIpc) is 2.55. The van der Waals surface area contributed by atoms with E-state index in [0.29, 0.717) is 6.54 Å². The van der Waals surface area contributed by atoms with Gasteiger partial charge in [-0.1, -0.05) is 74.4 Å². The minimum absolute atomic E-state index is 0.434. The summed E-state index contributed by atoms with van der Waals surface area (Å²) in [5.41, 5.74) is 3.36. The summed E-state index contributed by atoms with van der Waals surface area (Å²) in [6.07, 6.45) is 3.22. The van der Waals surface area contributed by atoms with E-state index < -0.39 is 6.10 Å². The second-order valence-electron chi connectivity index (χ2n) is 5.42. The molecule has 0 bridgehead atoms. The molecule has 0 radical (unpaired) electrons. The maximum atomic E-state index is 10.2. The van der Waals surface area contributed by atoms with Crippen molar-refractivity contribution in [3.05, 3.63) is 60.2 Å². The van der Waals surface area contributed by atoms with E-state index in [-0.39, 0.29) is 0 Å². The van der Waals surface area contributed by atoms with Crippen LogP contribution in [0.25, 0.3) is 11.1 Å². The van der Waals surface area contributed by atoms with Crippen LogP contribution < -0.4 is 5.32 Å². The third-order valence-corrected chi connectivity index (χ3v) is 3.70. The Bertz CT molecular complexity index is 507. The van der Waals surface area contributed by atoms with Gasteiger partial charge in [-0.25, -0.2) is 0 Å². The summed E-state index contributed by atoms with van der Waals surface area (Å²) in [7, 11) is 0. The molecular weight excluding hydrogens is 258 g/mol. The van der Waals surface area contributed by atoms with Crippen molar-refractivity contribution in [3.63, 3.8) is 0 Å². The predicted molar refractivity (Wildman–Crippen MR) is 89.2 cm³/mol. The molecule has 0 spiro atoms. The molecule has 21 heavy (non-hydrogen) atoms. The number of aliphatic hydroxyl groups is 1. The van der Waals surface area contributed by atoms with Crippen LogP contribution in [0.1, 0.15) is 37.9 Å². The van der Waals surface area contributed by atoms with Gasteiger partial charge in [0.2, 0.25) is 0 Å². The van der Waals surface area contributed by atoms with Gasteiger partial charge in [0, 0.05) is 6.54 Å². The van der Waals surface area contributed by atoms with Crippen LogP contribution >= 0.6 is 0 Å². The van der Waals surface area contributed by atoms with Gasteiger partial charge in [0.25, 0.3) is 0 Å². The number of aliphatic hydroxyl groups excluding tert-OH is 1. The van der Waals surface area contributed by atoms with Gasteiger partial charge >= 0.3 is 0 Å². The Morgan fingerprint density at radius 3 is 2.24 bits per heavy atom. The zero-order valence-electron chi connectivity index (χ0n) is 12.8. The summed E-state index contributed by atoms with van der Waals surface area (Å²) in [5, 5.41) is 13.5. The van der Waals surface area contributed by atoms with E-state index in [1.54, 1.807) is 0 Å². The zero-order valence-corrected chi connectivity index (χ0v) is 12.8. The van der Waals surface area contributed by atoms with Gasteiger partial charge in [-0.05, 0) is 29.7 Å². The first kappa shape index (κ1) is 15.7. The van der Waals surface area contributed by atoms with Crippen molar-refractivity contribution < 1.29 is 5.11 Å². The lowest BCUT2D eigenvalue weighted by atomic mass is 10.0. The molecule has 0 aliphatic rings. The zero-order chi connectivity index (χ0) is 14.9. The normalized spacial score (nSPS) is 12.3. The summed E-state index contributed by atoms with van der Waals surface area (Å²) in [6.45, 7) is 3.80. The smallest absolute Gasteiger partial charge is 0.0914 e. The van der Waals surface area contributed by atoms with E-state index in [1.165, 1.54) is 30.4 Å². The van der Waals surface area contributed by atoms with Crippen molar-refractivity contribution in [2.24, 2.45) is 0 Å². The monoisotopic (exact) mass is 283 g/mol. The molecule has 112 valence electrons. The van der Waals surface area contributed by atoms with Gasteiger partial charge in [-0.15, -0.1) is 0 Å². The maximum absolute atomic E-state index is 10.2. The van der Waals surface area contributed by atoms with Crippen LogP contribution in [0.3, 0.4) is 0 Å². The highest BCUT2D eigenvalue weighted by Gasteiger charge is 2.07. The molecule has 0 aromatic heterocycles. The van der Waals surface area contributed by atoms with Crippen molar-refractivity contribution in [2.75, 3.05) is 13.1 Å². The van der Waals surface area contributed by atoms with Gasteiger partial charge in [0.15, 0.2) is 0 Å². The lowest BCUT2D eigenvalue weighted by Crippen LogP contribution is -2.22. The van der Waals surface area contributed by atoms with E-state index in [4.69, 9.17) is 0 Å². The highest BCUT2D eigenvalue weighted by Crippen LogP contribution is 2.21. The number of benzene rings is 2. The molecule has 1 unspecified atom stereocenters. The number of nitrogens with one attached hydrogen (secondary N) is 1. The highest BCUT2D eigenvalue weighted by molar-refractivity contribution is 5.63. The number of hydrogen-bond donors (Lipinski definition) is 2. The van der Waals surface area contributed by atoms with E-state index in [9.17, 15) is 5.11 Å². The third-order valence-electron chi connectivity index (χ3n) is 3.70. The molecule has 0 saturated heterocycles. The van der Waals surface area contributed by atoms with Crippen molar-refractivity contribution >= 4 is 0 Å². The summed E-state index contributed by atoms with van der Waals surface area (Å²) >= 11 is 0. The molecule has 2 aromatic rings. The van der Waals surface area contributed by atoms with Crippen LogP contribution in [0.2, 0.25) is 0 Å². The Labute approximate surface area is 127 Å². The lowest BCUT2D eigenvalue weighted by molar-refractivity contribution is 0.175. The third kappa shape index (κ3) is 5.00. The average molecular weight is 283 g/mol. The first-order valence-corrected chi connectivity index (χ1v) is 7.85. The first-order valence-electron chi connectivity index (χ1n) is 7.85. The number of unbranched alkanes of at least 4 members (excludes halogenated alkanes) is 2. The molecule has 2 nitrogen and oxygen atoms in total. The van der Waals surface area contributed by atoms with Crippen LogP contribution in [0, 0.1) is 0 Å². The fourth-order valence-corrected chi connectivity index (χ4v) is 2.38. The standard InChI is InChI=1S/C19H25NO/c1-2-3-7-14-20-15-19(21)18-12-10-17(11-13-18)16-8-5-4-6-9-16/h4-6,8-13,19-21H,2-3,7,14-15H2,1H3. The van der Waals surface area contributed by atoms with Crippen LogP contribution in [0.4, 0.5) is 0 Å². The number of rotatable bonds is 8. The largest absolute Gasteiger partial charge is 0.387 e. The second-order valence-corrected chi connectivity index (χ2v) is 5.42. The lowest BCUT2D eigenvalue weighted by Gasteiger charge is -2.13. The van der Waals surface area contributed by atoms with Crippen molar-refractivity contribution in [2.45, 2.75) is 32.3 Å². The van der Waals surface area contributed by atoms with Crippen LogP contribution in [0.15, 0.2) is 54.6 Å². The maximum Gasteiger partial charge on any atom is 0.0914 e. The van der Waals surface area contributed by atoms with Crippen LogP contribution in [-0.4, -0.2) is 18.2 Å². The van der Waals surface area contributed by atoms with E-state index in [2.05, 4.69) is 36.5 Å².